The molecule has 0 bridgehead atoms. The Morgan fingerprint density at radius 2 is 2.08 bits per heavy atom. The van der Waals surface area contributed by atoms with Crippen LogP contribution in [-0.4, -0.2) is 33.3 Å². The van der Waals surface area contributed by atoms with E-state index in [1.165, 1.54) is 6.07 Å². The van der Waals surface area contributed by atoms with Crippen LogP contribution in [0.25, 0.3) is 0 Å². The SMILES string of the molecule is N#CCS(=O)(=O)NCCNC(N)=O. The quantitative estimate of drug-likeness (QED) is 0.454. The summed E-state index contributed by atoms with van der Waals surface area (Å²) in [4.78, 5) is 10.1. The molecule has 0 rings (SSSR count). The highest BCUT2D eigenvalue weighted by molar-refractivity contribution is 7.89. The number of amides is 2. The van der Waals surface area contributed by atoms with Gasteiger partial charge in [-0.3, -0.25) is 0 Å². The first-order valence-corrected chi connectivity index (χ1v) is 5.01. The molecule has 0 fully saturated rings. The number of carbonyl (C=O) groups is 1. The lowest BCUT2D eigenvalue weighted by Crippen LogP contribution is -2.37. The molecule has 0 saturated heterocycles. The Bertz CT molecular complexity index is 304. The first kappa shape index (κ1) is 11.7. The number of nitrogens with zero attached hydrogens (tertiary/aromatic N) is 1. The molecule has 0 aromatic heterocycles. The Labute approximate surface area is 76.0 Å². The molecule has 0 aliphatic rings. The molecule has 0 aliphatic heterocycles. The molecule has 0 saturated carbocycles. The molecule has 7 nitrogen and oxygen atoms in total. The van der Waals surface area contributed by atoms with Gasteiger partial charge in [0.2, 0.25) is 10.0 Å². The number of primary amides is 1. The molecule has 0 spiro atoms. The number of sulfonamides is 1. The van der Waals surface area contributed by atoms with Gasteiger partial charge < -0.3 is 11.1 Å². The predicted octanol–water partition coefficient (Wildman–Crippen LogP) is -1.90. The highest BCUT2D eigenvalue weighted by atomic mass is 32.2. The second kappa shape index (κ2) is 5.34. The average molecular weight is 206 g/mol. The van der Waals surface area contributed by atoms with E-state index in [0.717, 1.165) is 0 Å². The van der Waals surface area contributed by atoms with Gasteiger partial charge in [0.15, 0.2) is 5.75 Å². The van der Waals surface area contributed by atoms with Gasteiger partial charge in [-0.1, -0.05) is 0 Å². The van der Waals surface area contributed by atoms with Crippen LogP contribution in [0, 0.1) is 11.3 Å². The monoisotopic (exact) mass is 206 g/mol. The Balaban J connectivity index is 3.66. The largest absolute Gasteiger partial charge is 0.352 e. The standard InChI is InChI=1S/C5H10N4O3S/c6-1-4-13(11,12)9-3-2-8-5(7)10/h9H,2-4H2,(H3,7,8,10). The molecule has 0 atom stereocenters. The maximum Gasteiger partial charge on any atom is 0.312 e. The molecule has 0 aromatic carbocycles. The fourth-order valence-electron chi connectivity index (χ4n) is 0.528. The van der Waals surface area contributed by atoms with Crippen LogP contribution in [0.1, 0.15) is 0 Å². The van der Waals surface area contributed by atoms with Crippen molar-refractivity contribution in [1.82, 2.24) is 10.0 Å². The molecule has 4 N–H and O–H groups in total. The smallest absolute Gasteiger partial charge is 0.312 e. The first-order valence-electron chi connectivity index (χ1n) is 3.35. The molecule has 2 amide bonds. The zero-order chi connectivity index (χ0) is 10.3. The van der Waals surface area contributed by atoms with Gasteiger partial charge >= 0.3 is 6.03 Å². The second-order valence-electron chi connectivity index (χ2n) is 2.10. The van der Waals surface area contributed by atoms with Crippen LogP contribution >= 0.6 is 0 Å². The van der Waals surface area contributed by atoms with E-state index in [2.05, 4.69) is 10.0 Å². The maximum atomic E-state index is 10.8. The van der Waals surface area contributed by atoms with Crippen molar-refractivity contribution in [3.05, 3.63) is 0 Å². The minimum absolute atomic E-state index is 0.0208. The van der Waals surface area contributed by atoms with Crippen molar-refractivity contribution in [3.63, 3.8) is 0 Å². The lowest BCUT2D eigenvalue weighted by molar-refractivity contribution is 0.249. The maximum absolute atomic E-state index is 10.8. The first-order chi connectivity index (χ1) is 5.98. The van der Waals surface area contributed by atoms with Crippen LogP contribution in [0.2, 0.25) is 0 Å². The summed E-state index contributed by atoms with van der Waals surface area (Å²) in [5, 5.41) is 10.3. The topological polar surface area (TPSA) is 125 Å². The van der Waals surface area contributed by atoms with Crippen LogP contribution in [0.15, 0.2) is 0 Å². The van der Waals surface area contributed by atoms with E-state index in [4.69, 9.17) is 11.0 Å². The third kappa shape index (κ3) is 7.04. The Hall–Kier alpha value is -1.33. The Kier molecular flexibility index (Phi) is 4.79. The van der Waals surface area contributed by atoms with Gasteiger partial charge in [0.25, 0.3) is 0 Å². The summed E-state index contributed by atoms with van der Waals surface area (Å²) < 4.78 is 23.7. The summed E-state index contributed by atoms with van der Waals surface area (Å²) in [6.07, 6.45) is 0. The normalized spacial score (nSPS) is 10.4. The van der Waals surface area contributed by atoms with Gasteiger partial charge in [0, 0.05) is 13.1 Å². The Morgan fingerprint density at radius 3 is 2.54 bits per heavy atom. The van der Waals surface area contributed by atoms with E-state index in [0.29, 0.717) is 0 Å². The highest BCUT2D eigenvalue weighted by Crippen LogP contribution is 1.79. The van der Waals surface area contributed by atoms with Crippen molar-refractivity contribution < 1.29 is 13.2 Å². The molecule has 8 heteroatoms. The van der Waals surface area contributed by atoms with E-state index in [9.17, 15) is 13.2 Å². The number of hydrogen-bond donors (Lipinski definition) is 3. The molecule has 0 radical (unpaired) electrons. The van der Waals surface area contributed by atoms with E-state index >= 15 is 0 Å². The van der Waals surface area contributed by atoms with E-state index in [1.807, 2.05) is 0 Å². The van der Waals surface area contributed by atoms with Crippen LogP contribution in [0.3, 0.4) is 0 Å². The molecular weight excluding hydrogens is 196 g/mol. The van der Waals surface area contributed by atoms with Crippen LogP contribution < -0.4 is 15.8 Å². The number of nitrogens with two attached hydrogens (primary N) is 1. The number of nitriles is 1. The molecule has 0 heterocycles. The Morgan fingerprint density at radius 1 is 1.46 bits per heavy atom. The minimum Gasteiger partial charge on any atom is -0.352 e. The van der Waals surface area contributed by atoms with Crippen molar-refractivity contribution in [2.75, 3.05) is 18.8 Å². The van der Waals surface area contributed by atoms with Crippen molar-refractivity contribution >= 4 is 16.1 Å². The van der Waals surface area contributed by atoms with E-state index in [-0.39, 0.29) is 13.1 Å². The van der Waals surface area contributed by atoms with Gasteiger partial charge in [-0.15, -0.1) is 0 Å². The average Bonchev–Trinajstić information content (AvgIpc) is 1.98. The van der Waals surface area contributed by atoms with Gasteiger partial charge in [-0.25, -0.2) is 17.9 Å². The van der Waals surface area contributed by atoms with Gasteiger partial charge in [0.1, 0.15) is 0 Å². The van der Waals surface area contributed by atoms with Crippen LogP contribution in [0.4, 0.5) is 4.79 Å². The zero-order valence-electron chi connectivity index (χ0n) is 6.78. The lowest BCUT2D eigenvalue weighted by Gasteiger charge is -2.02. The molecule has 74 valence electrons. The van der Waals surface area contributed by atoms with Crippen molar-refractivity contribution in [1.29, 1.82) is 5.26 Å². The summed E-state index contributed by atoms with van der Waals surface area (Å²) in [5.41, 5.74) is 4.72. The predicted molar refractivity (Wildman–Crippen MR) is 45.0 cm³/mol. The van der Waals surface area contributed by atoms with Crippen molar-refractivity contribution in [2.45, 2.75) is 0 Å². The molecule has 13 heavy (non-hydrogen) atoms. The third-order valence-corrected chi connectivity index (χ3v) is 2.15. The zero-order valence-corrected chi connectivity index (χ0v) is 7.60. The summed E-state index contributed by atoms with van der Waals surface area (Å²) in [7, 11) is -3.53. The number of nitrogens with one attached hydrogen (secondary N) is 2. The fourth-order valence-corrected chi connectivity index (χ4v) is 1.21. The van der Waals surface area contributed by atoms with Crippen molar-refractivity contribution in [3.8, 4) is 6.07 Å². The fraction of sp³-hybridized carbons (Fsp3) is 0.600. The van der Waals surface area contributed by atoms with Crippen LogP contribution in [-0.2, 0) is 10.0 Å². The summed E-state index contributed by atoms with van der Waals surface area (Å²) in [6.45, 7) is 0.118. The van der Waals surface area contributed by atoms with Gasteiger partial charge in [0.05, 0.1) is 6.07 Å². The summed E-state index contributed by atoms with van der Waals surface area (Å²) >= 11 is 0. The second-order valence-corrected chi connectivity index (χ2v) is 3.91. The van der Waals surface area contributed by atoms with Crippen LogP contribution in [0.5, 0.6) is 0 Å². The number of carbonyl (C=O) groups excluding carboxylic acids is 1. The molecule has 0 unspecified atom stereocenters. The lowest BCUT2D eigenvalue weighted by atomic mass is 10.6. The van der Waals surface area contributed by atoms with E-state index in [1.54, 1.807) is 0 Å². The summed E-state index contributed by atoms with van der Waals surface area (Å²) in [6, 6.07) is 0.772. The summed E-state index contributed by atoms with van der Waals surface area (Å²) in [5.74, 6) is -0.594. The number of rotatable bonds is 5. The third-order valence-electron chi connectivity index (χ3n) is 1.00. The van der Waals surface area contributed by atoms with Crippen molar-refractivity contribution in [2.24, 2.45) is 5.73 Å². The minimum atomic E-state index is -3.53. The highest BCUT2D eigenvalue weighted by Gasteiger charge is 2.07. The molecule has 0 aromatic rings. The molecular formula is C5H10N4O3S. The van der Waals surface area contributed by atoms with Gasteiger partial charge in [-0.05, 0) is 0 Å². The van der Waals surface area contributed by atoms with Gasteiger partial charge in [-0.2, -0.15) is 5.26 Å². The number of urea groups is 1. The van der Waals surface area contributed by atoms with E-state index < -0.39 is 21.8 Å². The molecule has 0 aliphatic carbocycles. The number of hydrogen-bond acceptors (Lipinski definition) is 4.